The van der Waals surface area contributed by atoms with Crippen molar-refractivity contribution in [3.05, 3.63) is 65.7 Å². The Balaban J connectivity index is 2.44. The molecule has 0 aromatic heterocycles. The van der Waals surface area contributed by atoms with E-state index < -0.39 is 15.1 Å². The van der Waals surface area contributed by atoms with Gasteiger partial charge in [-0.25, -0.2) is 8.42 Å². The van der Waals surface area contributed by atoms with E-state index in [0.29, 0.717) is 5.56 Å². The molecule has 2 aromatic rings. The Morgan fingerprint density at radius 1 is 1.05 bits per heavy atom. The monoisotopic (exact) mass is 285 g/mol. The van der Waals surface area contributed by atoms with Gasteiger partial charge in [0.15, 0.2) is 15.1 Å². The SMILES string of the molecule is CCc1ccc(C(C#N)S(=O)(=O)c2ccccc2)cc1. The van der Waals surface area contributed by atoms with E-state index in [1.54, 1.807) is 30.3 Å². The smallest absolute Gasteiger partial charge is 0.198 e. The molecular weight excluding hydrogens is 270 g/mol. The largest absolute Gasteiger partial charge is 0.222 e. The van der Waals surface area contributed by atoms with Crippen LogP contribution >= 0.6 is 0 Å². The van der Waals surface area contributed by atoms with Gasteiger partial charge in [0.2, 0.25) is 0 Å². The minimum Gasteiger partial charge on any atom is -0.222 e. The summed E-state index contributed by atoms with van der Waals surface area (Å²) in [5.74, 6) is 0. The minimum absolute atomic E-state index is 0.172. The molecule has 0 bridgehead atoms. The van der Waals surface area contributed by atoms with Gasteiger partial charge < -0.3 is 0 Å². The highest BCUT2D eigenvalue weighted by Crippen LogP contribution is 2.28. The maximum absolute atomic E-state index is 12.5. The number of hydrogen-bond donors (Lipinski definition) is 0. The van der Waals surface area contributed by atoms with Crippen LogP contribution in [0.3, 0.4) is 0 Å². The lowest BCUT2D eigenvalue weighted by atomic mass is 10.1. The van der Waals surface area contributed by atoms with E-state index >= 15 is 0 Å². The van der Waals surface area contributed by atoms with Crippen LogP contribution in [0.4, 0.5) is 0 Å². The Kier molecular flexibility index (Phi) is 4.21. The molecule has 1 unspecified atom stereocenters. The van der Waals surface area contributed by atoms with Crippen LogP contribution in [0.2, 0.25) is 0 Å². The van der Waals surface area contributed by atoms with E-state index in [-0.39, 0.29) is 4.90 Å². The van der Waals surface area contributed by atoms with Crippen molar-refractivity contribution in [2.24, 2.45) is 0 Å². The molecule has 2 rings (SSSR count). The molecule has 0 amide bonds. The second kappa shape index (κ2) is 5.89. The van der Waals surface area contributed by atoms with Crippen molar-refractivity contribution in [3.63, 3.8) is 0 Å². The summed E-state index contributed by atoms with van der Waals surface area (Å²) >= 11 is 0. The van der Waals surface area contributed by atoms with Crippen molar-refractivity contribution < 1.29 is 8.42 Å². The van der Waals surface area contributed by atoms with E-state index in [2.05, 4.69) is 0 Å². The number of hydrogen-bond acceptors (Lipinski definition) is 3. The average molecular weight is 285 g/mol. The molecule has 0 aliphatic rings. The van der Waals surface area contributed by atoms with Crippen LogP contribution in [0, 0.1) is 11.3 Å². The zero-order valence-corrected chi connectivity index (χ0v) is 12.0. The van der Waals surface area contributed by atoms with Gasteiger partial charge >= 0.3 is 0 Å². The van der Waals surface area contributed by atoms with Gasteiger partial charge in [-0.2, -0.15) is 5.26 Å². The first-order chi connectivity index (χ1) is 9.59. The molecule has 0 saturated carbocycles. The fraction of sp³-hybridized carbons (Fsp3) is 0.188. The van der Waals surface area contributed by atoms with Crippen molar-refractivity contribution in [1.29, 1.82) is 5.26 Å². The molecule has 1 atom stereocenters. The van der Waals surface area contributed by atoms with Gasteiger partial charge in [-0.1, -0.05) is 49.4 Å². The highest BCUT2D eigenvalue weighted by atomic mass is 32.2. The molecule has 4 heteroatoms. The molecule has 102 valence electrons. The van der Waals surface area contributed by atoms with E-state index in [9.17, 15) is 13.7 Å². The maximum atomic E-state index is 12.5. The Morgan fingerprint density at radius 2 is 1.65 bits per heavy atom. The Morgan fingerprint density at radius 3 is 2.15 bits per heavy atom. The Hall–Kier alpha value is -2.12. The lowest BCUT2D eigenvalue weighted by Crippen LogP contribution is -2.12. The molecule has 0 saturated heterocycles. The normalized spacial score (nSPS) is 12.6. The summed E-state index contributed by atoms with van der Waals surface area (Å²) in [6, 6.07) is 17.1. The summed E-state index contributed by atoms with van der Waals surface area (Å²) in [6.45, 7) is 2.03. The van der Waals surface area contributed by atoms with Gasteiger partial charge in [0.05, 0.1) is 11.0 Å². The second-order valence-corrected chi connectivity index (χ2v) is 6.50. The summed E-state index contributed by atoms with van der Waals surface area (Å²) in [5.41, 5.74) is 1.62. The predicted molar refractivity (Wildman–Crippen MR) is 77.8 cm³/mol. The van der Waals surface area contributed by atoms with Gasteiger partial charge in [-0.15, -0.1) is 0 Å². The third-order valence-electron chi connectivity index (χ3n) is 3.19. The van der Waals surface area contributed by atoms with Gasteiger partial charge in [0, 0.05) is 0 Å². The molecule has 0 aliphatic carbocycles. The van der Waals surface area contributed by atoms with Gasteiger partial charge in [0.1, 0.15) is 0 Å². The molecule has 2 aromatic carbocycles. The molecule has 3 nitrogen and oxygen atoms in total. The van der Waals surface area contributed by atoms with E-state index in [0.717, 1.165) is 12.0 Å². The summed E-state index contributed by atoms with van der Waals surface area (Å²) in [5, 5.41) is 8.10. The maximum Gasteiger partial charge on any atom is 0.198 e. The number of nitriles is 1. The fourth-order valence-electron chi connectivity index (χ4n) is 2.00. The number of benzene rings is 2. The molecule has 20 heavy (non-hydrogen) atoms. The van der Waals surface area contributed by atoms with Crippen molar-refractivity contribution in [2.75, 3.05) is 0 Å². The minimum atomic E-state index is -3.68. The van der Waals surface area contributed by atoms with Crippen LogP contribution in [-0.4, -0.2) is 8.42 Å². The second-order valence-electron chi connectivity index (χ2n) is 4.46. The predicted octanol–water partition coefficient (Wildman–Crippen LogP) is 3.29. The van der Waals surface area contributed by atoms with Crippen molar-refractivity contribution >= 4 is 9.84 Å². The number of aryl methyl sites for hydroxylation is 1. The summed E-state index contributed by atoms with van der Waals surface area (Å²) in [4.78, 5) is 0.172. The molecular formula is C16H15NO2S. The molecule has 0 heterocycles. The van der Waals surface area contributed by atoms with Crippen molar-refractivity contribution in [1.82, 2.24) is 0 Å². The number of sulfone groups is 1. The van der Waals surface area contributed by atoms with Crippen molar-refractivity contribution in [2.45, 2.75) is 23.5 Å². The molecule has 0 spiro atoms. The van der Waals surface area contributed by atoms with Crippen LogP contribution in [0.15, 0.2) is 59.5 Å². The third-order valence-corrected chi connectivity index (χ3v) is 5.12. The van der Waals surface area contributed by atoms with Gasteiger partial charge in [-0.05, 0) is 29.7 Å². The van der Waals surface area contributed by atoms with Gasteiger partial charge in [-0.3, -0.25) is 0 Å². The molecule has 0 radical (unpaired) electrons. The summed E-state index contributed by atoms with van der Waals surface area (Å²) < 4.78 is 25.0. The third kappa shape index (κ3) is 2.73. The lowest BCUT2D eigenvalue weighted by Gasteiger charge is -2.11. The Labute approximate surface area is 119 Å². The zero-order chi connectivity index (χ0) is 14.6. The standard InChI is InChI=1S/C16H15NO2S/c1-2-13-8-10-14(11-9-13)16(12-17)20(18,19)15-6-4-3-5-7-15/h3-11,16H,2H2,1H3. The summed E-state index contributed by atoms with van der Waals surface area (Å²) in [7, 11) is -3.68. The first-order valence-corrected chi connectivity index (χ1v) is 7.91. The van der Waals surface area contributed by atoms with E-state index in [4.69, 9.17) is 0 Å². The topological polar surface area (TPSA) is 57.9 Å². The van der Waals surface area contributed by atoms with E-state index in [1.165, 1.54) is 12.1 Å². The molecule has 0 N–H and O–H groups in total. The molecule has 0 aliphatic heterocycles. The average Bonchev–Trinajstić information content (AvgIpc) is 2.49. The van der Waals surface area contributed by atoms with Crippen LogP contribution in [-0.2, 0) is 16.3 Å². The molecule has 0 fully saturated rings. The quantitative estimate of drug-likeness (QED) is 0.866. The number of rotatable bonds is 4. The van der Waals surface area contributed by atoms with Gasteiger partial charge in [0.25, 0.3) is 0 Å². The lowest BCUT2D eigenvalue weighted by molar-refractivity contribution is 0.591. The van der Waals surface area contributed by atoms with Crippen LogP contribution in [0.5, 0.6) is 0 Å². The van der Waals surface area contributed by atoms with Crippen LogP contribution < -0.4 is 0 Å². The first kappa shape index (κ1) is 14.3. The highest BCUT2D eigenvalue weighted by Gasteiger charge is 2.28. The first-order valence-electron chi connectivity index (χ1n) is 6.37. The van der Waals surface area contributed by atoms with Crippen LogP contribution in [0.1, 0.15) is 23.3 Å². The van der Waals surface area contributed by atoms with E-state index in [1.807, 2.05) is 25.1 Å². The van der Waals surface area contributed by atoms with Crippen molar-refractivity contribution in [3.8, 4) is 6.07 Å². The Bertz CT molecular complexity index is 713. The highest BCUT2D eigenvalue weighted by molar-refractivity contribution is 7.92. The fourth-order valence-corrected chi connectivity index (χ4v) is 3.46. The summed E-state index contributed by atoms with van der Waals surface area (Å²) in [6.07, 6.45) is 0.878. The number of nitrogens with zero attached hydrogens (tertiary/aromatic N) is 1. The zero-order valence-electron chi connectivity index (χ0n) is 11.2. The van der Waals surface area contributed by atoms with Crippen LogP contribution in [0.25, 0.3) is 0 Å².